The Hall–Kier alpha value is -1.96. The molecule has 162 valence electrons. The van der Waals surface area contributed by atoms with E-state index in [-0.39, 0.29) is 5.56 Å². The summed E-state index contributed by atoms with van der Waals surface area (Å²) in [5, 5.41) is 4.54. The van der Waals surface area contributed by atoms with E-state index >= 15 is 0 Å². The van der Waals surface area contributed by atoms with Gasteiger partial charge in [-0.05, 0) is 45.4 Å². The molecule has 7 nitrogen and oxygen atoms in total. The Morgan fingerprint density at radius 1 is 1.20 bits per heavy atom. The van der Waals surface area contributed by atoms with Crippen molar-refractivity contribution in [1.82, 2.24) is 24.1 Å². The Morgan fingerprint density at radius 2 is 2.03 bits per heavy atom. The normalized spacial score (nSPS) is 24.1. The summed E-state index contributed by atoms with van der Waals surface area (Å²) in [5.74, 6) is 1.05. The summed E-state index contributed by atoms with van der Waals surface area (Å²) in [4.78, 5) is 18.1. The second kappa shape index (κ2) is 7.94. The summed E-state index contributed by atoms with van der Waals surface area (Å²) in [6, 6.07) is 6.97. The lowest BCUT2D eigenvalue weighted by molar-refractivity contribution is -0.0827. The Kier molecular flexibility index (Phi) is 5.29. The molecule has 2 saturated heterocycles. The number of piperidine rings is 1. The highest BCUT2D eigenvalue weighted by atomic mass is 16.5. The summed E-state index contributed by atoms with van der Waals surface area (Å²) in [6.45, 7) is 11.3. The molecular formula is C23H33N5O2. The van der Waals surface area contributed by atoms with Crippen LogP contribution in [0.1, 0.15) is 35.0 Å². The van der Waals surface area contributed by atoms with Gasteiger partial charge in [-0.15, -0.1) is 0 Å². The topological polar surface area (TPSA) is 55.5 Å². The van der Waals surface area contributed by atoms with Crippen LogP contribution in [0.3, 0.4) is 0 Å². The molecule has 2 bridgehead atoms. The lowest BCUT2D eigenvalue weighted by atomic mass is 9.82. The van der Waals surface area contributed by atoms with E-state index in [4.69, 9.17) is 4.74 Å². The Morgan fingerprint density at radius 3 is 2.73 bits per heavy atom. The fourth-order valence-corrected chi connectivity index (χ4v) is 5.42. The fourth-order valence-electron chi connectivity index (χ4n) is 5.42. The van der Waals surface area contributed by atoms with E-state index in [1.807, 2.05) is 11.6 Å². The standard InChI is InChI=1S/C23H33N5O2/c1-16-8-17(2)28(24-16)7-6-25(3)12-19-4-5-22-20-9-18(11-27(22)23(19)29)10-26(13-20)21-14-30-15-21/h4-5,8,18,20-21H,6-7,9-15H2,1-3H3/t18-,20+/m0/s1. The van der Waals surface area contributed by atoms with E-state index in [1.165, 1.54) is 17.8 Å². The zero-order valence-corrected chi connectivity index (χ0v) is 18.4. The molecule has 7 heteroatoms. The van der Waals surface area contributed by atoms with Crippen molar-refractivity contribution < 1.29 is 4.74 Å². The smallest absolute Gasteiger partial charge is 0.255 e. The minimum atomic E-state index is 0.209. The Balaban J connectivity index is 1.27. The number of ether oxygens (including phenoxy) is 1. The molecular weight excluding hydrogens is 378 g/mol. The van der Waals surface area contributed by atoms with Gasteiger partial charge in [0.25, 0.3) is 5.56 Å². The number of pyridine rings is 1. The van der Waals surface area contributed by atoms with Crippen molar-refractivity contribution in [1.29, 1.82) is 0 Å². The number of aryl methyl sites for hydroxylation is 2. The molecule has 0 aromatic carbocycles. The first kappa shape index (κ1) is 20.0. The molecule has 3 aliphatic rings. The molecule has 2 atom stereocenters. The Bertz CT molecular complexity index is 976. The molecule has 0 unspecified atom stereocenters. The molecule has 2 aromatic rings. The van der Waals surface area contributed by atoms with Gasteiger partial charge in [-0.1, -0.05) is 6.07 Å². The van der Waals surface area contributed by atoms with E-state index in [1.54, 1.807) is 0 Å². The molecule has 0 radical (unpaired) electrons. The predicted molar refractivity (Wildman–Crippen MR) is 116 cm³/mol. The molecule has 0 aliphatic carbocycles. The molecule has 0 amide bonds. The average Bonchev–Trinajstić information content (AvgIpc) is 2.98. The number of fused-ring (bicyclic) bond motifs is 4. The van der Waals surface area contributed by atoms with Crippen LogP contribution in [0.25, 0.3) is 0 Å². The molecule has 2 aromatic heterocycles. The van der Waals surface area contributed by atoms with Crippen LogP contribution in [0, 0.1) is 19.8 Å². The molecule has 5 rings (SSSR count). The summed E-state index contributed by atoms with van der Waals surface area (Å²) in [5.41, 5.74) is 4.58. The average molecular weight is 412 g/mol. The number of aromatic nitrogens is 3. The summed E-state index contributed by atoms with van der Waals surface area (Å²) >= 11 is 0. The quantitative estimate of drug-likeness (QED) is 0.723. The van der Waals surface area contributed by atoms with Gasteiger partial charge in [-0.3, -0.25) is 14.4 Å². The van der Waals surface area contributed by atoms with Crippen LogP contribution in [0.2, 0.25) is 0 Å². The van der Waals surface area contributed by atoms with Gasteiger partial charge in [-0.2, -0.15) is 5.10 Å². The first-order valence-corrected chi connectivity index (χ1v) is 11.2. The van der Waals surface area contributed by atoms with Crippen LogP contribution >= 0.6 is 0 Å². The minimum absolute atomic E-state index is 0.209. The van der Waals surface area contributed by atoms with Gasteiger partial charge in [0.15, 0.2) is 0 Å². The zero-order chi connectivity index (χ0) is 20.8. The SMILES string of the molecule is Cc1cc(C)n(CCN(C)Cc2ccc3n(c2=O)C[C@H]2C[C@@H]3CN(C3COC3)C2)n1. The number of hydrogen-bond acceptors (Lipinski definition) is 5. The van der Waals surface area contributed by atoms with Crippen LogP contribution in [0.15, 0.2) is 23.0 Å². The third-order valence-corrected chi connectivity index (χ3v) is 7.09. The number of likely N-dealkylation sites (N-methyl/N-ethyl adjacent to an activating group) is 1. The molecule has 30 heavy (non-hydrogen) atoms. The lowest BCUT2D eigenvalue weighted by Crippen LogP contribution is -2.56. The van der Waals surface area contributed by atoms with Gasteiger partial charge < -0.3 is 14.2 Å². The van der Waals surface area contributed by atoms with E-state index in [9.17, 15) is 4.79 Å². The summed E-state index contributed by atoms with van der Waals surface area (Å²) in [6.07, 6.45) is 1.21. The highest BCUT2D eigenvalue weighted by Crippen LogP contribution is 2.36. The fraction of sp³-hybridized carbons (Fsp3) is 0.652. The highest BCUT2D eigenvalue weighted by molar-refractivity contribution is 5.22. The van der Waals surface area contributed by atoms with Gasteiger partial charge >= 0.3 is 0 Å². The van der Waals surface area contributed by atoms with Gasteiger partial charge in [0, 0.05) is 55.6 Å². The van der Waals surface area contributed by atoms with E-state index in [0.717, 1.165) is 57.2 Å². The maximum atomic E-state index is 13.3. The second-order valence-corrected chi connectivity index (χ2v) is 9.53. The van der Waals surface area contributed by atoms with Gasteiger partial charge in [0.05, 0.1) is 31.5 Å². The first-order valence-electron chi connectivity index (χ1n) is 11.2. The largest absolute Gasteiger partial charge is 0.378 e. The van der Waals surface area contributed by atoms with Crippen LogP contribution in [0.4, 0.5) is 0 Å². The number of likely N-dealkylation sites (tertiary alicyclic amines) is 1. The Labute approximate surface area is 178 Å². The maximum absolute atomic E-state index is 13.3. The molecule has 5 heterocycles. The maximum Gasteiger partial charge on any atom is 0.255 e. The summed E-state index contributed by atoms with van der Waals surface area (Å²) < 4.78 is 9.53. The second-order valence-electron chi connectivity index (χ2n) is 9.53. The van der Waals surface area contributed by atoms with Crippen molar-refractivity contribution in [3.8, 4) is 0 Å². The zero-order valence-electron chi connectivity index (χ0n) is 18.4. The van der Waals surface area contributed by atoms with E-state index < -0.39 is 0 Å². The van der Waals surface area contributed by atoms with E-state index in [0.29, 0.717) is 24.4 Å². The van der Waals surface area contributed by atoms with Gasteiger partial charge in [-0.25, -0.2) is 0 Å². The van der Waals surface area contributed by atoms with Crippen LogP contribution in [-0.4, -0.2) is 70.1 Å². The molecule has 0 N–H and O–H groups in total. The van der Waals surface area contributed by atoms with Crippen LogP contribution < -0.4 is 5.56 Å². The summed E-state index contributed by atoms with van der Waals surface area (Å²) in [7, 11) is 2.09. The third kappa shape index (κ3) is 3.74. The van der Waals surface area contributed by atoms with Crippen molar-refractivity contribution in [2.45, 2.75) is 51.9 Å². The van der Waals surface area contributed by atoms with Crippen LogP contribution in [-0.2, 0) is 24.4 Å². The molecule has 0 spiro atoms. The van der Waals surface area contributed by atoms with Crippen molar-refractivity contribution in [2.75, 3.05) is 39.9 Å². The molecule has 3 aliphatic heterocycles. The van der Waals surface area contributed by atoms with E-state index in [2.05, 4.69) is 51.6 Å². The van der Waals surface area contributed by atoms with Crippen molar-refractivity contribution in [2.24, 2.45) is 5.92 Å². The lowest BCUT2D eigenvalue weighted by Gasteiger charge is -2.47. The number of hydrogen-bond donors (Lipinski definition) is 0. The van der Waals surface area contributed by atoms with Gasteiger partial charge in [0.1, 0.15) is 0 Å². The monoisotopic (exact) mass is 411 g/mol. The van der Waals surface area contributed by atoms with Crippen molar-refractivity contribution in [3.63, 3.8) is 0 Å². The molecule has 0 saturated carbocycles. The number of rotatable bonds is 6. The third-order valence-electron chi connectivity index (χ3n) is 7.09. The first-order chi connectivity index (χ1) is 14.5. The van der Waals surface area contributed by atoms with Crippen molar-refractivity contribution in [3.05, 3.63) is 51.2 Å². The highest BCUT2D eigenvalue weighted by Gasteiger charge is 2.39. The van der Waals surface area contributed by atoms with Crippen LogP contribution in [0.5, 0.6) is 0 Å². The minimum Gasteiger partial charge on any atom is -0.378 e. The van der Waals surface area contributed by atoms with Gasteiger partial charge in [0.2, 0.25) is 0 Å². The molecule has 2 fully saturated rings. The number of nitrogens with zero attached hydrogens (tertiary/aromatic N) is 5. The van der Waals surface area contributed by atoms with Crippen molar-refractivity contribution >= 4 is 0 Å². The predicted octanol–water partition coefficient (Wildman–Crippen LogP) is 1.61.